The van der Waals surface area contributed by atoms with E-state index in [1.807, 2.05) is 6.07 Å². The standard InChI is InChI=1S/C16H17N5O5/c1-25-14(23)9-12(15(24)26-2)19-20-16-18-11(8-13(22)21(16)17)10-6-4-3-5-7-10/h3-8H,9,17H2,1-2H3,(H,18,20)/b19-12+. The Hall–Kier alpha value is -3.69. The molecule has 2 aromatic rings. The summed E-state index contributed by atoms with van der Waals surface area (Å²) in [5.74, 6) is 4.00. The Morgan fingerprint density at radius 1 is 1.23 bits per heavy atom. The number of methoxy groups -OCH3 is 2. The summed E-state index contributed by atoms with van der Waals surface area (Å²) in [5.41, 5.74) is 2.67. The average Bonchev–Trinajstić information content (AvgIpc) is 2.67. The van der Waals surface area contributed by atoms with Crippen LogP contribution in [0.3, 0.4) is 0 Å². The van der Waals surface area contributed by atoms with Gasteiger partial charge >= 0.3 is 11.9 Å². The number of hydrogen-bond acceptors (Lipinski definition) is 9. The molecule has 3 N–H and O–H groups in total. The zero-order valence-electron chi connectivity index (χ0n) is 14.1. The van der Waals surface area contributed by atoms with Gasteiger partial charge in [-0.25, -0.2) is 15.2 Å². The molecule has 0 radical (unpaired) electrons. The van der Waals surface area contributed by atoms with Gasteiger partial charge in [0.05, 0.1) is 26.3 Å². The number of aromatic nitrogens is 2. The van der Waals surface area contributed by atoms with Crippen molar-refractivity contribution < 1.29 is 19.1 Å². The van der Waals surface area contributed by atoms with E-state index in [0.717, 1.165) is 11.8 Å². The molecule has 0 aliphatic heterocycles. The topological polar surface area (TPSA) is 138 Å². The van der Waals surface area contributed by atoms with E-state index in [9.17, 15) is 14.4 Å². The number of nitrogens with one attached hydrogen (secondary N) is 1. The average molecular weight is 359 g/mol. The third-order valence-electron chi connectivity index (χ3n) is 3.27. The predicted octanol–water partition coefficient (Wildman–Crippen LogP) is 0.128. The zero-order valence-corrected chi connectivity index (χ0v) is 14.1. The summed E-state index contributed by atoms with van der Waals surface area (Å²) in [5, 5.41) is 3.78. The minimum Gasteiger partial charge on any atom is -0.469 e. The number of nitrogens with two attached hydrogens (primary N) is 1. The second kappa shape index (κ2) is 8.42. The first-order valence-electron chi connectivity index (χ1n) is 7.38. The van der Waals surface area contributed by atoms with Crippen LogP contribution in [0, 0.1) is 0 Å². The molecule has 0 aliphatic carbocycles. The summed E-state index contributed by atoms with van der Waals surface area (Å²) in [4.78, 5) is 39.3. The number of nitrogen functional groups attached to an aromatic ring is 1. The highest BCUT2D eigenvalue weighted by atomic mass is 16.5. The molecule has 0 aliphatic rings. The van der Waals surface area contributed by atoms with E-state index in [-0.39, 0.29) is 11.7 Å². The lowest BCUT2D eigenvalue weighted by atomic mass is 10.1. The number of ether oxygens (including phenoxy) is 2. The Morgan fingerprint density at radius 2 is 1.92 bits per heavy atom. The van der Waals surface area contributed by atoms with Crippen molar-refractivity contribution in [2.24, 2.45) is 5.10 Å². The number of hydrogen-bond donors (Lipinski definition) is 2. The summed E-state index contributed by atoms with van der Waals surface area (Å²) >= 11 is 0. The lowest BCUT2D eigenvalue weighted by Crippen LogP contribution is -2.30. The highest BCUT2D eigenvalue weighted by molar-refractivity contribution is 6.39. The number of anilines is 1. The van der Waals surface area contributed by atoms with Gasteiger partial charge in [-0.15, -0.1) is 0 Å². The van der Waals surface area contributed by atoms with Crippen LogP contribution in [-0.2, 0) is 19.1 Å². The first-order chi connectivity index (χ1) is 12.5. The van der Waals surface area contributed by atoms with E-state index in [2.05, 4.69) is 25.0 Å². The second-order valence-corrected chi connectivity index (χ2v) is 4.95. The summed E-state index contributed by atoms with van der Waals surface area (Å²) in [6.07, 6.45) is -0.427. The van der Waals surface area contributed by atoms with Gasteiger partial charge in [-0.05, 0) is 0 Å². The molecular formula is C16H17N5O5. The van der Waals surface area contributed by atoms with Crippen molar-refractivity contribution in [1.82, 2.24) is 9.66 Å². The van der Waals surface area contributed by atoms with Crippen molar-refractivity contribution in [3.63, 3.8) is 0 Å². The normalized spacial score (nSPS) is 10.9. The second-order valence-electron chi connectivity index (χ2n) is 4.95. The molecule has 0 spiro atoms. The molecule has 0 saturated carbocycles. The number of hydrazone groups is 1. The fraction of sp³-hybridized carbons (Fsp3) is 0.188. The van der Waals surface area contributed by atoms with Crippen LogP contribution in [-0.4, -0.2) is 41.5 Å². The monoisotopic (exact) mass is 359 g/mol. The van der Waals surface area contributed by atoms with Gasteiger partial charge in [0.15, 0.2) is 5.71 Å². The summed E-state index contributed by atoms with van der Waals surface area (Å²) in [6.45, 7) is 0. The number of esters is 2. The van der Waals surface area contributed by atoms with Gasteiger partial charge in [0.1, 0.15) is 0 Å². The first kappa shape index (κ1) is 18.6. The van der Waals surface area contributed by atoms with Crippen LogP contribution in [0.25, 0.3) is 11.3 Å². The van der Waals surface area contributed by atoms with Gasteiger partial charge in [-0.3, -0.25) is 9.59 Å². The largest absolute Gasteiger partial charge is 0.469 e. The van der Waals surface area contributed by atoms with Crippen LogP contribution in [0.5, 0.6) is 0 Å². The van der Waals surface area contributed by atoms with E-state index in [4.69, 9.17) is 5.84 Å². The van der Waals surface area contributed by atoms with Crippen molar-refractivity contribution in [2.75, 3.05) is 25.5 Å². The van der Waals surface area contributed by atoms with E-state index in [1.54, 1.807) is 24.3 Å². The Bertz CT molecular complexity index is 892. The van der Waals surface area contributed by atoms with Crippen LogP contribution in [0.2, 0.25) is 0 Å². The van der Waals surface area contributed by atoms with Crippen molar-refractivity contribution in [1.29, 1.82) is 0 Å². The van der Waals surface area contributed by atoms with Crippen molar-refractivity contribution in [3.05, 3.63) is 46.8 Å². The smallest absolute Gasteiger partial charge is 0.354 e. The molecule has 0 amide bonds. The lowest BCUT2D eigenvalue weighted by Gasteiger charge is -2.09. The highest BCUT2D eigenvalue weighted by Crippen LogP contribution is 2.16. The van der Waals surface area contributed by atoms with E-state index in [1.165, 1.54) is 13.2 Å². The number of nitrogens with zero attached hydrogens (tertiary/aromatic N) is 3. The quantitative estimate of drug-likeness (QED) is 0.321. The van der Waals surface area contributed by atoms with E-state index in [0.29, 0.717) is 11.3 Å². The van der Waals surface area contributed by atoms with Crippen molar-refractivity contribution >= 4 is 23.6 Å². The van der Waals surface area contributed by atoms with Gasteiger partial charge < -0.3 is 15.3 Å². The molecule has 10 nitrogen and oxygen atoms in total. The lowest BCUT2D eigenvalue weighted by molar-refractivity contribution is -0.140. The predicted molar refractivity (Wildman–Crippen MR) is 93.8 cm³/mol. The fourth-order valence-electron chi connectivity index (χ4n) is 1.93. The first-order valence-corrected chi connectivity index (χ1v) is 7.38. The number of rotatable bonds is 6. The SMILES string of the molecule is COC(=O)C/C(=N\Nc1nc(-c2ccccc2)cc(=O)n1N)C(=O)OC. The number of carbonyl (C=O) groups excluding carboxylic acids is 2. The van der Waals surface area contributed by atoms with Crippen molar-refractivity contribution in [3.8, 4) is 11.3 Å². The third-order valence-corrected chi connectivity index (χ3v) is 3.27. The summed E-state index contributed by atoms with van der Waals surface area (Å²) in [6, 6.07) is 10.2. The molecule has 26 heavy (non-hydrogen) atoms. The number of carbonyl (C=O) groups is 2. The van der Waals surface area contributed by atoms with Crippen molar-refractivity contribution in [2.45, 2.75) is 6.42 Å². The van der Waals surface area contributed by atoms with Gasteiger partial charge in [-0.1, -0.05) is 30.3 Å². The molecule has 0 fully saturated rings. The molecule has 136 valence electrons. The Morgan fingerprint density at radius 3 is 2.54 bits per heavy atom. The van der Waals surface area contributed by atoms with Crippen LogP contribution in [0.15, 0.2) is 46.3 Å². The molecule has 0 bridgehead atoms. The van der Waals surface area contributed by atoms with Crippen LogP contribution >= 0.6 is 0 Å². The maximum Gasteiger partial charge on any atom is 0.354 e. The van der Waals surface area contributed by atoms with Crippen LogP contribution in [0.4, 0.5) is 5.95 Å². The fourth-order valence-corrected chi connectivity index (χ4v) is 1.93. The molecule has 0 saturated heterocycles. The molecule has 1 aromatic carbocycles. The Balaban J connectivity index is 2.38. The third kappa shape index (κ3) is 4.44. The molecule has 10 heteroatoms. The minimum atomic E-state index is -0.840. The maximum absolute atomic E-state index is 12.0. The zero-order chi connectivity index (χ0) is 19.1. The van der Waals surface area contributed by atoms with Gasteiger partial charge in [0.25, 0.3) is 5.56 Å². The maximum atomic E-state index is 12.0. The Labute approximate surface area is 148 Å². The van der Waals surface area contributed by atoms with Gasteiger partial charge in [0, 0.05) is 11.6 Å². The highest BCUT2D eigenvalue weighted by Gasteiger charge is 2.18. The molecular weight excluding hydrogens is 342 g/mol. The van der Waals surface area contributed by atoms with E-state index >= 15 is 0 Å². The molecule has 1 heterocycles. The summed E-state index contributed by atoms with van der Waals surface area (Å²) < 4.78 is 9.78. The molecule has 0 unspecified atom stereocenters. The minimum absolute atomic E-state index is 0.123. The molecule has 1 aromatic heterocycles. The van der Waals surface area contributed by atoms with Gasteiger partial charge in [-0.2, -0.15) is 9.78 Å². The van der Waals surface area contributed by atoms with Crippen LogP contribution in [0.1, 0.15) is 6.42 Å². The summed E-state index contributed by atoms with van der Waals surface area (Å²) in [7, 11) is 2.31. The van der Waals surface area contributed by atoms with Gasteiger partial charge in [0.2, 0.25) is 5.95 Å². The number of benzene rings is 1. The molecule has 2 rings (SSSR count). The van der Waals surface area contributed by atoms with Crippen LogP contribution < -0.4 is 16.8 Å². The molecule has 0 atom stereocenters. The van der Waals surface area contributed by atoms with E-state index < -0.39 is 23.9 Å². The Kier molecular flexibility index (Phi) is 6.04.